The van der Waals surface area contributed by atoms with E-state index < -0.39 is 8.07 Å². The van der Waals surface area contributed by atoms with E-state index in [4.69, 9.17) is 23.8 Å². The molecular weight excluding hydrogens is 509 g/mol. The predicted molar refractivity (Wildman–Crippen MR) is 123 cm³/mol. The Hall–Kier alpha value is -1.47. The Labute approximate surface area is 189 Å². The van der Waals surface area contributed by atoms with Gasteiger partial charge in [0.15, 0.2) is 0 Å². The van der Waals surface area contributed by atoms with Gasteiger partial charge in [0.2, 0.25) is 0 Å². The van der Waals surface area contributed by atoms with Gasteiger partial charge in [0.1, 0.15) is 5.76 Å². The Kier molecular flexibility index (Phi) is 12.6. The summed E-state index contributed by atoms with van der Waals surface area (Å²) in [5.41, 5.74) is 0. The van der Waals surface area contributed by atoms with Crippen molar-refractivity contribution >= 4 is 38.1 Å². The number of hydrogen-bond acceptors (Lipinski definition) is 2. The van der Waals surface area contributed by atoms with Crippen molar-refractivity contribution in [1.29, 1.82) is 0 Å². The maximum Gasteiger partial charge on any atom is 0.117 e. The fourth-order valence-corrected chi connectivity index (χ4v) is 4.36. The van der Waals surface area contributed by atoms with Crippen LogP contribution in [0.2, 0.25) is 0 Å². The molecule has 0 aliphatic rings. The summed E-state index contributed by atoms with van der Waals surface area (Å²) in [6.45, 7) is 0.739. The Morgan fingerprint density at radius 1 is 0.655 bits per heavy atom. The first-order chi connectivity index (χ1) is 14.3. The molecule has 1 heterocycles. The first kappa shape index (κ1) is 23.8. The second-order valence-electron chi connectivity index (χ2n) is 5.63. The van der Waals surface area contributed by atoms with Gasteiger partial charge < -0.3 is 4.42 Å². The van der Waals surface area contributed by atoms with Crippen molar-refractivity contribution in [3.05, 3.63) is 121 Å². The van der Waals surface area contributed by atoms with E-state index in [0.717, 1.165) is 12.3 Å². The summed E-state index contributed by atoms with van der Waals surface area (Å²) in [6, 6.07) is 37.1. The topological polar surface area (TPSA) is 25.2 Å². The number of rotatable bonds is 5. The van der Waals surface area contributed by atoms with Crippen LogP contribution in [0.15, 0.2) is 120 Å². The molecule has 1 aromatic heterocycles. The van der Waals surface area contributed by atoms with Crippen molar-refractivity contribution in [3.63, 3.8) is 0 Å². The summed E-state index contributed by atoms with van der Waals surface area (Å²) < 4.78 is 5.40. The summed E-state index contributed by atoms with van der Waals surface area (Å²) in [6.07, 6.45) is 1.71. The van der Waals surface area contributed by atoms with Crippen molar-refractivity contribution in [2.24, 2.45) is 0 Å². The second kappa shape index (κ2) is 15.4. The third-order valence-electron chi connectivity index (χ3n) is 3.69. The van der Waals surface area contributed by atoms with Crippen LogP contribution >= 0.6 is 27.5 Å². The summed E-state index contributed by atoms with van der Waals surface area (Å²) in [7, 11) is 9.14. The van der Waals surface area contributed by atoms with E-state index >= 15 is 0 Å². The molecule has 0 aliphatic heterocycles. The molecular formula is C23H22Cl2NOPRu. The van der Waals surface area contributed by atoms with Crippen LogP contribution in [0.3, 0.4) is 0 Å². The summed E-state index contributed by atoms with van der Waals surface area (Å²) in [5, 5.41) is 6.27. The number of hydrogen-bond donors (Lipinski definition) is 1. The molecule has 0 radical (unpaired) electrons. The Bertz CT molecular complexity index is 799. The van der Waals surface area contributed by atoms with Crippen molar-refractivity contribution in [3.8, 4) is 0 Å². The van der Waals surface area contributed by atoms with Crippen LogP contribution < -0.4 is 15.7 Å². The molecule has 0 amide bonds. The van der Waals surface area contributed by atoms with Gasteiger partial charge in [-0.1, -0.05) is 97.1 Å². The van der Waals surface area contributed by atoms with Gasteiger partial charge in [0.25, 0.3) is 0 Å². The van der Waals surface area contributed by atoms with Crippen LogP contribution in [0.4, 0.5) is 0 Å². The van der Waals surface area contributed by atoms with Crippen LogP contribution in [0, 0.1) is 0 Å². The largest absolute Gasteiger partial charge is 0.468 e. The molecule has 4 rings (SSSR count). The van der Waals surface area contributed by atoms with Gasteiger partial charge in [0.05, 0.1) is 12.8 Å². The van der Waals surface area contributed by atoms with E-state index in [1.807, 2.05) is 48.5 Å². The molecule has 0 atom stereocenters. The number of benzene rings is 3. The molecule has 0 spiro atoms. The summed E-state index contributed by atoms with van der Waals surface area (Å²) in [5.74, 6) is 0.962. The average molecular weight is 531 g/mol. The molecule has 0 fully saturated rings. The standard InChI is InChI=1S/C17H16NOP.C6H6.2ClH.Ru/c1-3-9-16(10-4-1)20(17-11-5-2-6-12-17)18-14-15-8-7-13-19-15;1-2-4-6-5-3-1;;;/h1-13,18H,14H2;1-6H;2*1H;/q;;;;+2/p-2. The Morgan fingerprint density at radius 2 is 1.07 bits per heavy atom. The number of furan rings is 1. The maximum atomic E-state index is 5.40. The van der Waals surface area contributed by atoms with Crippen LogP contribution in [0.1, 0.15) is 5.76 Å². The van der Waals surface area contributed by atoms with Crippen molar-refractivity contribution < 1.29 is 19.6 Å². The fourth-order valence-electron chi connectivity index (χ4n) is 2.44. The maximum absolute atomic E-state index is 5.40. The van der Waals surface area contributed by atoms with Crippen molar-refractivity contribution in [2.45, 2.75) is 6.54 Å². The Morgan fingerprint density at radius 3 is 1.45 bits per heavy atom. The van der Waals surface area contributed by atoms with E-state index in [0.29, 0.717) is 0 Å². The first-order valence-electron chi connectivity index (χ1n) is 8.86. The molecule has 3 aromatic carbocycles. The average Bonchev–Trinajstić information content (AvgIpc) is 3.31. The van der Waals surface area contributed by atoms with E-state index in [1.54, 1.807) is 6.26 Å². The zero-order chi connectivity index (χ0) is 20.6. The van der Waals surface area contributed by atoms with Crippen LogP contribution in [-0.4, -0.2) is 0 Å². The van der Waals surface area contributed by atoms with Gasteiger partial charge in [-0.05, 0) is 22.7 Å². The third-order valence-corrected chi connectivity index (χ3v) is 5.79. The monoisotopic (exact) mass is 531 g/mol. The van der Waals surface area contributed by atoms with Gasteiger partial charge in [-0.3, -0.25) is 5.09 Å². The Balaban J connectivity index is 0.000000278. The van der Waals surface area contributed by atoms with Gasteiger partial charge >= 0.3 is 34.5 Å². The van der Waals surface area contributed by atoms with Crippen molar-refractivity contribution in [2.75, 3.05) is 0 Å². The minimum absolute atomic E-state index is 0.346. The zero-order valence-electron chi connectivity index (χ0n) is 15.6. The normalized spacial score (nSPS) is 9.90. The van der Waals surface area contributed by atoms with Crippen LogP contribution in [-0.2, 0) is 21.7 Å². The van der Waals surface area contributed by atoms with Gasteiger partial charge in [-0.25, -0.2) is 0 Å². The molecule has 4 aromatic rings. The number of nitrogens with one attached hydrogen (secondary N) is 1. The van der Waals surface area contributed by atoms with Crippen LogP contribution in [0.25, 0.3) is 0 Å². The van der Waals surface area contributed by atoms with Gasteiger partial charge in [-0.15, -0.1) is 0 Å². The fraction of sp³-hybridized carbons (Fsp3) is 0.0435. The third kappa shape index (κ3) is 9.72. The molecule has 2 nitrogen and oxygen atoms in total. The molecule has 6 heteroatoms. The minimum atomic E-state index is -0.566. The molecule has 0 aliphatic carbocycles. The first-order valence-corrected chi connectivity index (χ1v) is 14.7. The number of halogens is 2. The minimum Gasteiger partial charge on any atom is -0.468 e. The molecule has 0 saturated heterocycles. The van der Waals surface area contributed by atoms with E-state index in [2.05, 4.69) is 65.8 Å². The van der Waals surface area contributed by atoms with Gasteiger partial charge in [0, 0.05) is 8.07 Å². The molecule has 152 valence electrons. The quantitative estimate of drug-likeness (QED) is 0.236. The smallest absolute Gasteiger partial charge is 0.117 e. The van der Waals surface area contributed by atoms with E-state index in [-0.39, 0.29) is 15.1 Å². The SMILES string of the molecule is [Cl][Ru][Cl].c1ccc(P(NCc2ccco2)c2ccccc2)cc1.c1ccccc1. The zero-order valence-corrected chi connectivity index (χ0v) is 19.8. The van der Waals surface area contributed by atoms with Crippen LogP contribution in [0.5, 0.6) is 0 Å². The second-order valence-corrected chi connectivity index (χ2v) is 10.3. The molecule has 0 saturated carbocycles. The molecule has 0 bridgehead atoms. The van der Waals surface area contributed by atoms with Crippen molar-refractivity contribution in [1.82, 2.24) is 5.09 Å². The molecule has 1 N–H and O–H groups in total. The predicted octanol–water partition coefficient (Wildman–Crippen LogP) is 6.48. The van der Waals surface area contributed by atoms with Gasteiger partial charge in [-0.2, -0.15) is 0 Å². The summed E-state index contributed by atoms with van der Waals surface area (Å²) in [4.78, 5) is 0. The van der Waals surface area contributed by atoms with E-state index in [1.165, 1.54) is 10.6 Å². The summed E-state index contributed by atoms with van der Waals surface area (Å²) >= 11 is -0.346. The molecule has 29 heavy (non-hydrogen) atoms. The molecule has 0 unspecified atom stereocenters. The van der Waals surface area contributed by atoms with E-state index in [9.17, 15) is 0 Å².